The molecule has 4 nitrogen and oxygen atoms in total. The highest BCUT2D eigenvalue weighted by Gasteiger charge is 2.31. The number of phenolic OH excluding ortho intramolecular Hbond substituents is 1. The van der Waals surface area contributed by atoms with Crippen LogP contribution in [0.1, 0.15) is 44.1 Å². The molecule has 3 N–H and O–H groups in total. The molecule has 4 rings (SSSR count). The first-order valence-electron chi connectivity index (χ1n) is 9.29. The van der Waals surface area contributed by atoms with Gasteiger partial charge in [0.05, 0.1) is 5.56 Å². The van der Waals surface area contributed by atoms with E-state index in [1.165, 1.54) is 44.6 Å². The Labute approximate surface area is 161 Å². The van der Waals surface area contributed by atoms with Crippen molar-refractivity contribution in [1.82, 2.24) is 10.2 Å². The van der Waals surface area contributed by atoms with Crippen molar-refractivity contribution >= 4 is 16.6 Å². The van der Waals surface area contributed by atoms with E-state index in [-0.39, 0.29) is 17.1 Å². The number of aromatic hydroxyl groups is 1. The Morgan fingerprint density at radius 1 is 0.821 bits per heavy atom. The Kier molecular flexibility index (Phi) is 6.02. The smallest absolute Gasteiger partial charge is 0.416 e. The fourth-order valence-corrected chi connectivity index (χ4v) is 3.29. The van der Waals surface area contributed by atoms with E-state index in [0.29, 0.717) is 16.8 Å². The van der Waals surface area contributed by atoms with E-state index >= 15 is 0 Å². The Balaban J connectivity index is 0.000000320. The van der Waals surface area contributed by atoms with Crippen molar-refractivity contribution in [2.75, 3.05) is 5.73 Å². The fraction of sp³-hybridized carbons (Fsp3) is 0.333. The first-order valence-corrected chi connectivity index (χ1v) is 9.29. The first-order chi connectivity index (χ1) is 13.4. The van der Waals surface area contributed by atoms with Gasteiger partial charge in [0, 0.05) is 16.3 Å². The number of hydrogen-bond acceptors (Lipinski definition) is 4. The van der Waals surface area contributed by atoms with Crippen molar-refractivity contribution in [3.63, 3.8) is 0 Å². The zero-order valence-corrected chi connectivity index (χ0v) is 15.3. The molecule has 0 bridgehead atoms. The van der Waals surface area contributed by atoms with Crippen LogP contribution in [0.25, 0.3) is 22.0 Å². The largest absolute Gasteiger partial charge is 0.507 e. The molecule has 1 saturated carbocycles. The lowest BCUT2D eigenvalue weighted by molar-refractivity contribution is -0.137. The van der Waals surface area contributed by atoms with Crippen molar-refractivity contribution in [3.05, 3.63) is 48.0 Å². The molecule has 0 atom stereocenters. The third-order valence-corrected chi connectivity index (χ3v) is 4.80. The summed E-state index contributed by atoms with van der Waals surface area (Å²) in [6, 6.07) is 9.68. The van der Waals surface area contributed by atoms with Gasteiger partial charge in [0.15, 0.2) is 5.82 Å². The van der Waals surface area contributed by atoms with Crippen LogP contribution in [0, 0.1) is 0 Å². The molecule has 1 aliphatic carbocycles. The first kappa shape index (κ1) is 19.9. The number of anilines is 1. The second kappa shape index (κ2) is 8.46. The average Bonchev–Trinajstić information content (AvgIpc) is 2.70. The van der Waals surface area contributed by atoms with Crippen LogP contribution in [0.3, 0.4) is 0 Å². The number of alkyl halides is 3. The van der Waals surface area contributed by atoms with Gasteiger partial charge in [-0.05, 0) is 18.2 Å². The molecule has 7 heteroatoms. The molecule has 148 valence electrons. The van der Waals surface area contributed by atoms with Gasteiger partial charge in [-0.15, -0.1) is 10.2 Å². The van der Waals surface area contributed by atoms with Crippen molar-refractivity contribution in [3.8, 4) is 17.0 Å². The Morgan fingerprint density at radius 3 is 1.93 bits per heavy atom. The molecule has 2 aromatic carbocycles. The number of hydrogen-bond donors (Lipinski definition) is 2. The van der Waals surface area contributed by atoms with E-state index in [1.54, 1.807) is 24.3 Å². The van der Waals surface area contributed by atoms with Gasteiger partial charge in [-0.1, -0.05) is 62.8 Å². The van der Waals surface area contributed by atoms with Crippen LogP contribution in [-0.4, -0.2) is 15.3 Å². The standard InChI is InChI=1S/C15H10F3N3O.C6H12/c16-15(17,18)8-5-6-11(12(22)7-8)13-9-3-1-2-4-10(9)14(19)21-20-13;1-2-4-6-5-3-1/h1-7,22H,(H2,19,21);1-6H2. The fourth-order valence-electron chi connectivity index (χ4n) is 3.29. The zero-order valence-electron chi connectivity index (χ0n) is 15.3. The molecule has 0 radical (unpaired) electrons. The monoisotopic (exact) mass is 389 g/mol. The second-order valence-electron chi connectivity index (χ2n) is 6.83. The van der Waals surface area contributed by atoms with Crippen LogP contribution < -0.4 is 5.73 Å². The molecular formula is C21H22F3N3O. The van der Waals surface area contributed by atoms with Crippen LogP contribution in [-0.2, 0) is 6.18 Å². The van der Waals surface area contributed by atoms with E-state index in [4.69, 9.17) is 5.73 Å². The van der Waals surface area contributed by atoms with E-state index in [0.717, 1.165) is 6.07 Å². The number of aromatic nitrogens is 2. The summed E-state index contributed by atoms with van der Waals surface area (Å²) in [5, 5.41) is 18.9. The summed E-state index contributed by atoms with van der Waals surface area (Å²) in [4.78, 5) is 0. The maximum Gasteiger partial charge on any atom is 0.416 e. The molecule has 0 amide bonds. The number of halogens is 3. The average molecular weight is 389 g/mol. The lowest BCUT2D eigenvalue weighted by Crippen LogP contribution is -2.04. The van der Waals surface area contributed by atoms with Gasteiger partial charge < -0.3 is 10.8 Å². The molecular weight excluding hydrogens is 367 g/mol. The topological polar surface area (TPSA) is 72.0 Å². The molecule has 28 heavy (non-hydrogen) atoms. The Morgan fingerprint density at radius 2 is 1.39 bits per heavy atom. The van der Waals surface area contributed by atoms with Crippen LogP contribution in [0.5, 0.6) is 5.75 Å². The summed E-state index contributed by atoms with van der Waals surface area (Å²) in [5.41, 5.74) is 5.25. The van der Waals surface area contributed by atoms with Gasteiger partial charge in [0.2, 0.25) is 0 Å². The predicted octanol–water partition coefficient (Wildman–Crippen LogP) is 5.94. The van der Waals surface area contributed by atoms with Gasteiger partial charge in [0.25, 0.3) is 0 Å². The van der Waals surface area contributed by atoms with E-state index in [9.17, 15) is 18.3 Å². The maximum absolute atomic E-state index is 12.7. The Bertz CT molecular complexity index is 942. The van der Waals surface area contributed by atoms with Crippen LogP contribution in [0.15, 0.2) is 42.5 Å². The third kappa shape index (κ3) is 4.52. The normalized spacial score (nSPS) is 14.4. The van der Waals surface area contributed by atoms with Crippen LogP contribution in [0.2, 0.25) is 0 Å². The minimum absolute atomic E-state index is 0.164. The van der Waals surface area contributed by atoms with Gasteiger partial charge in [-0.2, -0.15) is 13.2 Å². The number of fused-ring (bicyclic) bond motifs is 1. The highest BCUT2D eigenvalue weighted by Crippen LogP contribution is 2.38. The molecule has 1 heterocycles. The van der Waals surface area contributed by atoms with Crippen LogP contribution >= 0.6 is 0 Å². The zero-order chi connectivity index (χ0) is 20.1. The number of phenols is 1. The van der Waals surface area contributed by atoms with Gasteiger partial charge in [-0.25, -0.2) is 0 Å². The molecule has 0 saturated heterocycles. The maximum atomic E-state index is 12.7. The molecule has 0 aliphatic heterocycles. The summed E-state index contributed by atoms with van der Waals surface area (Å²) in [7, 11) is 0. The summed E-state index contributed by atoms with van der Waals surface area (Å²) in [6.07, 6.45) is 4.48. The minimum Gasteiger partial charge on any atom is -0.507 e. The summed E-state index contributed by atoms with van der Waals surface area (Å²) < 4.78 is 38.0. The van der Waals surface area contributed by atoms with Crippen molar-refractivity contribution < 1.29 is 18.3 Å². The predicted molar refractivity (Wildman–Crippen MR) is 104 cm³/mol. The SMILES string of the molecule is C1CCCCC1.Nc1nnc(-c2ccc(C(F)(F)F)cc2O)c2ccccc12. The van der Waals surface area contributed by atoms with Gasteiger partial charge in [0.1, 0.15) is 11.4 Å². The summed E-state index contributed by atoms with van der Waals surface area (Å²) in [5.74, 6) is -0.301. The number of benzene rings is 2. The Hall–Kier alpha value is -2.83. The highest BCUT2D eigenvalue weighted by atomic mass is 19.4. The molecule has 0 spiro atoms. The quantitative estimate of drug-likeness (QED) is 0.540. The molecule has 1 aliphatic rings. The second-order valence-corrected chi connectivity index (χ2v) is 6.83. The number of rotatable bonds is 1. The van der Waals surface area contributed by atoms with Crippen molar-refractivity contribution in [2.45, 2.75) is 44.7 Å². The highest BCUT2D eigenvalue weighted by molar-refractivity contribution is 6.00. The van der Waals surface area contributed by atoms with E-state index in [1.807, 2.05) is 0 Å². The van der Waals surface area contributed by atoms with E-state index < -0.39 is 17.5 Å². The van der Waals surface area contributed by atoms with Gasteiger partial charge >= 0.3 is 6.18 Å². The molecule has 3 aromatic rings. The summed E-state index contributed by atoms with van der Waals surface area (Å²) in [6.45, 7) is 0. The molecule has 0 unspecified atom stereocenters. The lowest BCUT2D eigenvalue weighted by atomic mass is 10.0. The molecule has 1 aromatic heterocycles. The summed E-state index contributed by atoms with van der Waals surface area (Å²) >= 11 is 0. The van der Waals surface area contributed by atoms with Crippen molar-refractivity contribution in [2.24, 2.45) is 0 Å². The number of nitrogens with zero attached hydrogens (tertiary/aromatic N) is 2. The minimum atomic E-state index is -4.52. The van der Waals surface area contributed by atoms with Crippen LogP contribution in [0.4, 0.5) is 19.0 Å². The number of nitrogens with two attached hydrogens (primary N) is 1. The molecule has 1 fully saturated rings. The van der Waals surface area contributed by atoms with E-state index in [2.05, 4.69) is 10.2 Å². The lowest BCUT2D eigenvalue weighted by Gasteiger charge is -2.11. The third-order valence-electron chi connectivity index (χ3n) is 4.80. The van der Waals surface area contributed by atoms with Crippen molar-refractivity contribution in [1.29, 1.82) is 0 Å². The number of nitrogen functional groups attached to an aromatic ring is 1. The van der Waals surface area contributed by atoms with Gasteiger partial charge in [-0.3, -0.25) is 0 Å².